The van der Waals surface area contributed by atoms with E-state index in [0.29, 0.717) is 39.5 Å². The molecule has 9 heteroatoms. The number of H-pyrrole nitrogens is 1. The summed E-state index contributed by atoms with van der Waals surface area (Å²) in [5.41, 5.74) is 3.42. The third-order valence-corrected chi connectivity index (χ3v) is 5.49. The van der Waals surface area contributed by atoms with E-state index in [0.717, 1.165) is 16.8 Å². The van der Waals surface area contributed by atoms with Crippen molar-refractivity contribution in [3.8, 4) is 17.0 Å². The van der Waals surface area contributed by atoms with Gasteiger partial charge in [-0.2, -0.15) is 10.2 Å². The van der Waals surface area contributed by atoms with Gasteiger partial charge in [-0.1, -0.05) is 41.4 Å². The van der Waals surface area contributed by atoms with Crippen molar-refractivity contribution in [3.05, 3.63) is 81.6 Å². The Hall–Kier alpha value is -3.29. The van der Waals surface area contributed by atoms with E-state index in [-0.39, 0.29) is 5.91 Å². The summed E-state index contributed by atoms with van der Waals surface area (Å²) >= 11 is 12.5. The van der Waals surface area contributed by atoms with Crippen molar-refractivity contribution in [1.82, 2.24) is 20.0 Å². The van der Waals surface area contributed by atoms with Crippen LogP contribution in [0.3, 0.4) is 0 Å². The van der Waals surface area contributed by atoms with Gasteiger partial charge in [-0.3, -0.25) is 14.6 Å². The normalized spacial score (nSPS) is 10.8. The molecular formula is C22H19Cl2N5O2. The zero-order valence-electron chi connectivity index (χ0n) is 16.8. The van der Waals surface area contributed by atoms with Crippen molar-refractivity contribution in [2.45, 2.75) is 13.5 Å². The minimum atomic E-state index is -0.345. The number of halogens is 2. The molecule has 0 unspecified atom stereocenters. The highest BCUT2D eigenvalue weighted by molar-refractivity contribution is 6.35. The molecule has 0 aliphatic rings. The summed E-state index contributed by atoms with van der Waals surface area (Å²) in [6.45, 7) is 2.29. The minimum absolute atomic E-state index is 0.319. The molecular weight excluding hydrogens is 437 g/mol. The van der Waals surface area contributed by atoms with Gasteiger partial charge in [0.25, 0.3) is 5.91 Å². The maximum atomic E-state index is 12.7. The van der Waals surface area contributed by atoms with E-state index in [1.807, 2.05) is 31.2 Å². The number of hydrogen-bond acceptors (Lipinski definition) is 4. The molecule has 2 N–H and O–H groups in total. The number of aromatic nitrogens is 4. The number of aromatic amines is 1. The van der Waals surface area contributed by atoms with E-state index < -0.39 is 0 Å². The summed E-state index contributed by atoms with van der Waals surface area (Å²) in [6, 6.07) is 16.3. The zero-order chi connectivity index (χ0) is 22.0. The lowest BCUT2D eigenvalue weighted by Gasteiger charge is -2.08. The van der Waals surface area contributed by atoms with Crippen LogP contribution in [0.25, 0.3) is 11.3 Å². The Kier molecular flexibility index (Phi) is 5.97. The van der Waals surface area contributed by atoms with Crippen molar-refractivity contribution in [2.24, 2.45) is 0 Å². The third-order valence-electron chi connectivity index (χ3n) is 4.78. The molecule has 0 bridgehead atoms. The van der Waals surface area contributed by atoms with Crippen LogP contribution in [-0.2, 0) is 6.54 Å². The van der Waals surface area contributed by atoms with Gasteiger partial charge >= 0.3 is 0 Å². The van der Waals surface area contributed by atoms with Gasteiger partial charge < -0.3 is 10.1 Å². The fourth-order valence-corrected chi connectivity index (χ4v) is 3.63. The van der Waals surface area contributed by atoms with Crippen LogP contribution in [0.1, 0.15) is 21.7 Å². The first-order valence-electron chi connectivity index (χ1n) is 9.43. The van der Waals surface area contributed by atoms with Crippen LogP contribution in [0.5, 0.6) is 5.75 Å². The van der Waals surface area contributed by atoms with E-state index >= 15 is 0 Å². The predicted molar refractivity (Wildman–Crippen MR) is 121 cm³/mol. The first kappa shape index (κ1) is 21.0. The second kappa shape index (κ2) is 8.83. The Morgan fingerprint density at radius 1 is 1.13 bits per heavy atom. The van der Waals surface area contributed by atoms with Crippen molar-refractivity contribution in [3.63, 3.8) is 0 Å². The van der Waals surface area contributed by atoms with Crippen LogP contribution in [0, 0.1) is 6.92 Å². The number of methoxy groups -OCH3 is 1. The number of aryl methyl sites for hydroxylation is 1. The molecule has 0 aliphatic carbocycles. The number of anilines is 1. The van der Waals surface area contributed by atoms with Crippen LogP contribution in [0.15, 0.2) is 54.6 Å². The topological polar surface area (TPSA) is 84.8 Å². The van der Waals surface area contributed by atoms with Gasteiger partial charge in [0, 0.05) is 32.9 Å². The summed E-state index contributed by atoms with van der Waals surface area (Å²) in [5, 5.41) is 15.4. The van der Waals surface area contributed by atoms with Gasteiger partial charge in [0.05, 0.1) is 19.3 Å². The molecule has 2 aromatic carbocycles. The van der Waals surface area contributed by atoms with Gasteiger partial charge in [0.1, 0.15) is 11.4 Å². The molecule has 158 valence electrons. The molecule has 4 aromatic rings. The summed E-state index contributed by atoms with van der Waals surface area (Å²) in [7, 11) is 1.60. The third kappa shape index (κ3) is 4.57. The van der Waals surface area contributed by atoms with E-state index in [9.17, 15) is 4.79 Å². The van der Waals surface area contributed by atoms with Gasteiger partial charge in [0.2, 0.25) is 0 Å². The standard InChI is InChI=1S/C22H19Cl2N5O2/c1-13-9-21(28-29(13)12-16-17(23)7-4-8-18(16)24)25-22(30)20-11-19(26-27-20)14-5-3-6-15(10-14)31-2/h3-11H,12H2,1-2H3,(H,26,27)(H,25,28,30). The minimum Gasteiger partial charge on any atom is -0.497 e. The Balaban J connectivity index is 1.49. The highest BCUT2D eigenvalue weighted by atomic mass is 35.5. The van der Waals surface area contributed by atoms with Crippen molar-refractivity contribution in [2.75, 3.05) is 12.4 Å². The number of carbonyl (C=O) groups is 1. The number of benzene rings is 2. The summed E-state index contributed by atoms with van der Waals surface area (Å²) in [5.74, 6) is 0.788. The molecule has 0 atom stereocenters. The van der Waals surface area contributed by atoms with E-state index in [4.69, 9.17) is 27.9 Å². The van der Waals surface area contributed by atoms with E-state index in [2.05, 4.69) is 20.6 Å². The first-order valence-corrected chi connectivity index (χ1v) is 10.2. The number of hydrogen-bond donors (Lipinski definition) is 2. The highest BCUT2D eigenvalue weighted by Crippen LogP contribution is 2.26. The molecule has 4 rings (SSSR count). The molecule has 0 radical (unpaired) electrons. The number of nitrogens with zero attached hydrogens (tertiary/aromatic N) is 3. The summed E-state index contributed by atoms with van der Waals surface area (Å²) in [4.78, 5) is 12.7. The van der Waals surface area contributed by atoms with Crippen molar-refractivity contribution in [1.29, 1.82) is 0 Å². The van der Waals surface area contributed by atoms with Crippen molar-refractivity contribution >= 4 is 34.9 Å². The number of nitrogens with one attached hydrogen (secondary N) is 2. The smallest absolute Gasteiger partial charge is 0.274 e. The predicted octanol–water partition coefficient (Wildman–Crippen LogP) is 5.20. The lowest BCUT2D eigenvalue weighted by Crippen LogP contribution is -2.13. The van der Waals surface area contributed by atoms with Crippen LogP contribution in [0.2, 0.25) is 10.0 Å². The molecule has 0 spiro atoms. The lowest BCUT2D eigenvalue weighted by molar-refractivity contribution is 0.102. The molecule has 7 nitrogen and oxygen atoms in total. The van der Waals surface area contributed by atoms with Crippen LogP contribution in [-0.4, -0.2) is 33.0 Å². The quantitative estimate of drug-likeness (QED) is 0.418. The fourth-order valence-electron chi connectivity index (χ4n) is 3.12. The molecule has 0 saturated carbocycles. The first-order chi connectivity index (χ1) is 14.9. The van der Waals surface area contributed by atoms with Crippen LogP contribution < -0.4 is 10.1 Å². The molecule has 0 aliphatic heterocycles. The highest BCUT2D eigenvalue weighted by Gasteiger charge is 2.15. The Labute approximate surface area is 188 Å². The zero-order valence-corrected chi connectivity index (χ0v) is 18.3. The van der Waals surface area contributed by atoms with Gasteiger partial charge in [0.15, 0.2) is 5.82 Å². The molecule has 1 amide bonds. The second-order valence-corrected chi connectivity index (χ2v) is 7.70. The number of ether oxygens (including phenoxy) is 1. The second-order valence-electron chi connectivity index (χ2n) is 6.88. The average molecular weight is 456 g/mol. The number of rotatable bonds is 6. The lowest BCUT2D eigenvalue weighted by atomic mass is 10.1. The Morgan fingerprint density at radius 2 is 1.87 bits per heavy atom. The van der Waals surface area contributed by atoms with Gasteiger partial charge in [-0.25, -0.2) is 0 Å². The van der Waals surface area contributed by atoms with Crippen molar-refractivity contribution < 1.29 is 9.53 Å². The maximum Gasteiger partial charge on any atom is 0.274 e. The largest absolute Gasteiger partial charge is 0.497 e. The number of amides is 1. The fraction of sp³-hybridized carbons (Fsp3) is 0.136. The summed E-state index contributed by atoms with van der Waals surface area (Å²) < 4.78 is 6.97. The SMILES string of the molecule is COc1cccc(-c2cc(C(=O)Nc3cc(C)n(Cc4c(Cl)cccc4Cl)n3)[nH]n2)c1. The molecule has 2 aromatic heterocycles. The van der Waals surface area contributed by atoms with E-state index in [1.54, 1.807) is 42.1 Å². The van der Waals surface area contributed by atoms with Gasteiger partial charge in [-0.15, -0.1) is 0 Å². The molecule has 0 fully saturated rings. The average Bonchev–Trinajstić information content (AvgIpc) is 3.38. The molecule has 0 saturated heterocycles. The monoisotopic (exact) mass is 455 g/mol. The van der Waals surface area contributed by atoms with Crippen LogP contribution in [0.4, 0.5) is 5.82 Å². The Bertz CT molecular complexity index is 1230. The summed E-state index contributed by atoms with van der Waals surface area (Å²) in [6.07, 6.45) is 0. The molecule has 2 heterocycles. The van der Waals surface area contributed by atoms with Crippen LogP contribution >= 0.6 is 23.2 Å². The Morgan fingerprint density at radius 3 is 2.61 bits per heavy atom. The number of carbonyl (C=O) groups excluding carboxylic acids is 1. The maximum absolute atomic E-state index is 12.7. The van der Waals surface area contributed by atoms with E-state index in [1.165, 1.54) is 0 Å². The molecule has 31 heavy (non-hydrogen) atoms. The van der Waals surface area contributed by atoms with Gasteiger partial charge in [-0.05, 0) is 37.3 Å².